The summed E-state index contributed by atoms with van der Waals surface area (Å²) in [4.78, 5) is 32.9. The summed E-state index contributed by atoms with van der Waals surface area (Å²) in [7, 11) is -0.413. The smallest absolute Gasteiger partial charge is 0.264 e. The third-order valence-electron chi connectivity index (χ3n) is 12.0. The van der Waals surface area contributed by atoms with Crippen molar-refractivity contribution >= 4 is 32.7 Å². The first-order valence-corrected chi connectivity index (χ1v) is 20.3. The Morgan fingerprint density at radius 1 is 0.923 bits per heavy atom. The van der Waals surface area contributed by atoms with Gasteiger partial charge in [0.2, 0.25) is 15.9 Å². The number of likely N-dealkylation sites (N-methyl/N-ethyl adjacent to an activating group) is 1. The maximum Gasteiger partial charge on any atom is 0.264 e. The number of benzene rings is 3. The fourth-order valence-corrected chi connectivity index (χ4v) is 10.3. The molecule has 3 aromatic carbocycles. The number of nitrogens with one attached hydrogen (secondary N) is 1. The maximum absolute atomic E-state index is 14.7. The fourth-order valence-electron chi connectivity index (χ4n) is 9.22. The predicted octanol–water partition coefficient (Wildman–Crippen LogP) is 6.85. The molecule has 0 spiro atoms. The summed E-state index contributed by atoms with van der Waals surface area (Å²) in [5.74, 6) is -0.786. The van der Waals surface area contributed by atoms with E-state index in [0.29, 0.717) is 12.5 Å². The first-order chi connectivity index (χ1) is 25.1. The number of hydrogen-bond donors (Lipinski definition) is 1. The minimum absolute atomic E-state index is 0.0124. The molecule has 11 heteroatoms. The lowest BCUT2D eigenvalue weighted by Gasteiger charge is -2.41. The molecule has 4 fully saturated rings. The second kappa shape index (κ2) is 13.6. The second-order valence-electron chi connectivity index (χ2n) is 15.5. The number of methoxy groups -OCH3 is 1. The van der Waals surface area contributed by atoms with Crippen molar-refractivity contribution in [2.75, 3.05) is 27.2 Å². The number of aromatic nitrogens is 1. The van der Waals surface area contributed by atoms with Gasteiger partial charge in [-0.3, -0.25) is 9.59 Å². The van der Waals surface area contributed by atoms with Gasteiger partial charge in [-0.05, 0) is 105 Å². The molecule has 3 heterocycles. The van der Waals surface area contributed by atoms with Crippen molar-refractivity contribution in [3.8, 4) is 17.0 Å². The lowest BCUT2D eigenvalue weighted by Crippen LogP contribution is -2.56. The molecule has 2 amide bonds. The van der Waals surface area contributed by atoms with Gasteiger partial charge in [0.15, 0.2) is 0 Å². The van der Waals surface area contributed by atoms with Crippen LogP contribution in [0.4, 0.5) is 4.39 Å². The first-order valence-electron chi connectivity index (χ1n) is 18.7. The summed E-state index contributed by atoms with van der Waals surface area (Å²) in [6.45, 7) is 2.26. The Bertz CT molecular complexity index is 2110. The van der Waals surface area contributed by atoms with Gasteiger partial charge in [-0.1, -0.05) is 43.5 Å². The zero-order valence-corrected chi connectivity index (χ0v) is 30.8. The van der Waals surface area contributed by atoms with E-state index in [0.717, 1.165) is 92.4 Å². The molecule has 8 rings (SSSR count). The van der Waals surface area contributed by atoms with E-state index in [2.05, 4.69) is 38.3 Å². The molecule has 2 aliphatic carbocycles. The summed E-state index contributed by atoms with van der Waals surface area (Å²) in [6.07, 6.45) is 9.22. The normalized spacial score (nSPS) is 21.7. The van der Waals surface area contributed by atoms with E-state index < -0.39 is 32.9 Å². The Morgan fingerprint density at radius 3 is 2.27 bits per heavy atom. The van der Waals surface area contributed by atoms with Crippen LogP contribution in [0.2, 0.25) is 0 Å². The van der Waals surface area contributed by atoms with Crippen LogP contribution in [0.5, 0.6) is 5.75 Å². The average Bonchev–Trinajstić information content (AvgIpc) is 3.79. The number of amides is 2. The molecule has 2 unspecified atom stereocenters. The summed E-state index contributed by atoms with van der Waals surface area (Å²) >= 11 is 0. The topological polar surface area (TPSA) is 101 Å². The highest BCUT2D eigenvalue weighted by Crippen LogP contribution is 2.53. The van der Waals surface area contributed by atoms with Gasteiger partial charge in [0.05, 0.1) is 24.0 Å². The van der Waals surface area contributed by atoms with E-state index in [1.807, 2.05) is 18.2 Å². The molecule has 2 saturated heterocycles. The Hall–Kier alpha value is -4.22. The second-order valence-corrected chi connectivity index (χ2v) is 17.2. The van der Waals surface area contributed by atoms with Crippen LogP contribution in [-0.2, 0) is 27.1 Å². The third kappa shape index (κ3) is 6.51. The molecule has 52 heavy (non-hydrogen) atoms. The lowest BCUT2D eigenvalue weighted by atomic mass is 9.81. The van der Waals surface area contributed by atoms with Gasteiger partial charge in [-0.2, -0.15) is 0 Å². The van der Waals surface area contributed by atoms with Gasteiger partial charge in [-0.25, -0.2) is 17.5 Å². The predicted molar refractivity (Wildman–Crippen MR) is 199 cm³/mol. The van der Waals surface area contributed by atoms with Crippen molar-refractivity contribution in [2.45, 2.75) is 88.1 Å². The highest BCUT2D eigenvalue weighted by molar-refractivity contribution is 7.89. The van der Waals surface area contributed by atoms with Crippen molar-refractivity contribution in [3.05, 3.63) is 89.2 Å². The lowest BCUT2D eigenvalue weighted by molar-refractivity contribution is -0.143. The first kappa shape index (κ1) is 34.8. The highest BCUT2D eigenvalue weighted by atomic mass is 32.2. The minimum atomic E-state index is -4.20. The Morgan fingerprint density at radius 2 is 1.62 bits per heavy atom. The molecule has 1 N–H and O–H groups in total. The maximum atomic E-state index is 14.7. The summed E-state index contributed by atoms with van der Waals surface area (Å²) < 4.78 is 50.5. The van der Waals surface area contributed by atoms with Crippen molar-refractivity contribution in [3.63, 3.8) is 0 Å². The molecule has 9 nitrogen and oxygen atoms in total. The molecule has 0 radical (unpaired) electrons. The summed E-state index contributed by atoms with van der Waals surface area (Å²) in [5.41, 5.74) is 3.73. The molecule has 2 atom stereocenters. The molecule has 274 valence electrons. The monoisotopic (exact) mass is 726 g/mol. The highest BCUT2D eigenvalue weighted by Gasteiger charge is 2.56. The zero-order valence-electron chi connectivity index (χ0n) is 29.9. The van der Waals surface area contributed by atoms with Crippen LogP contribution in [0.1, 0.15) is 85.2 Å². The number of fused-ring (bicyclic) bond motifs is 3. The van der Waals surface area contributed by atoms with Crippen LogP contribution in [0.15, 0.2) is 66.7 Å². The van der Waals surface area contributed by atoms with Crippen molar-refractivity contribution < 1.29 is 27.1 Å². The number of rotatable bonds is 10. The zero-order chi connectivity index (χ0) is 36.2. The van der Waals surface area contributed by atoms with E-state index in [1.165, 1.54) is 30.2 Å². The van der Waals surface area contributed by atoms with Gasteiger partial charge in [0.25, 0.3) is 5.91 Å². The number of carbonyl (C=O) groups excluding carboxylic acids is 2. The Kier molecular flexibility index (Phi) is 9.14. The van der Waals surface area contributed by atoms with Crippen molar-refractivity contribution in [1.82, 2.24) is 19.1 Å². The molecule has 2 saturated carbocycles. The van der Waals surface area contributed by atoms with E-state index in [-0.39, 0.29) is 29.1 Å². The van der Waals surface area contributed by atoms with Crippen LogP contribution >= 0.6 is 0 Å². The number of nitrogens with zero attached hydrogens (tertiary/aromatic N) is 3. The molecular weight excluding hydrogens is 680 g/mol. The van der Waals surface area contributed by atoms with Gasteiger partial charge in [0, 0.05) is 53.7 Å². The Labute approximate surface area is 305 Å². The van der Waals surface area contributed by atoms with Gasteiger partial charge >= 0.3 is 0 Å². The van der Waals surface area contributed by atoms with Crippen LogP contribution in [-0.4, -0.2) is 73.9 Å². The third-order valence-corrected chi connectivity index (χ3v) is 13.1. The molecule has 2 aliphatic heterocycles. The standard InChI is InChI=1S/C41H47FN4O5S/c1-44-23-31-15-16-32(24-44)46(31)40(48)41(20-21-41)26-45-36-22-29(39(47)43-52(49,50)25-30-10-6-7-11-35(30)42)14-19-34(36)37(27-8-4-3-5-9-27)38(45)28-12-17-33(51-2)18-13-28/h6-7,10-14,17-19,22,27,31-32H,3-5,8-9,15-16,20-21,23-26H2,1-2H3,(H,43,47). The number of carbonyl (C=O) groups is 2. The molecular formula is C41H47FN4O5S. The van der Waals surface area contributed by atoms with Gasteiger partial charge in [-0.15, -0.1) is 0 Å². The van der Waals surface area contributed by atoms with E-state index in [1.54, 1.807) is 25.3 Å². The molecule has 1 aromatic heterocycles. The SMILES string of the molecule is COc1ccc(-c2c(C3CCCCC3)c3ccc(C(=O)NS(=O)(=O)Cc4ccccc4F)cc3n2CC2(C(=O)N3C4CCC3CN(C)C4)CC2)cc1. The van der Waals surface area contributed by atoms with Crippen molar-refractivity contribution in [1.29, 1.82) is 0 Å². The molecule has 2 bridgehead atoms. The van der Waals surface area contributed by atoms with E-state index in [4.69, 9.17) is 4.74 Å². The van der Waals surface area contributed by atoms with Crippen LogP contribution in [0, 0.1) is 11.2 Å². The number of hydrogen-bond acceptors (Lipinski definition) is 6. The quantitative estimate of drug-likeness (QED) is 0.192. The Balaban J connectivity index is 1.22. The summed E-state index contributed by atoms with van der Waals surface area (Å²) in [5, 5.41) is 1.02. The van der Waals surface area contributed by atoms with Crippen LogP contribution in [0.25, 0.3) is 22.2 Å². The average molecular weight is 727 g/mol. The van der Waals surface area contributed by atoms with Gasteiger partial charge in [0.1, 0.15) is 11.6 Å². The number of likely N-dealkylation sites (tertiary alicyclic amines) is 1. The van der Waals surface area contributed by atoms with Crippen LogP contribution < -0.4 is 9.46 Å². The van der Waals surface area contributed by atoms with Crippen LogP contribution in [0.3, 0.4) is 0 Å². The minimum Gasteiger partial charge on any atom is -0.497 e. The van der Waals surface area contributed by atoms with Gasteiger partial charge < -0.3 is 19.1 Å². The molecule has 4 aliphatic rings. The fraction of sp³-hybridized carbons (Fsp3) is 0.463. The largest absolute Gasteiger partial charge is 0.497 e. The van der Waals surface area contributed by atoms with Crippen molar-refractivity contribution in [2.24, 2.45) is 5.41 Å². The van der Waals surface area contributed by atoms with E-state index in [9.17, 15) is 22.4 Å². The summed E-state index contributed by atoms with van der Waals surface area (Å²) in [6, 6.07) is 19.6. The van der Waals surface area contributed by atoms with E-state index >= 15 is 0 Å². The number of sulfonamides is 1. The number of piperazine rings is 1. The number of halogens is 1. The molecule has 4 aromatic rings. The number of ether oxygens (including phenoxy) is 1.